The maximum absolute atomic E-state index is 13.2. The van der Waals surface area contributed by atoms with Gasteiger partial charge >= 0.3 is 0 Å². The van der Waals surface area contributed by atoms with Gasteiger partial charge in [0.25, 0.3) is 0 Å². The number of nitrogens with zero attached hydrogens (tertiary/aromatic N) is 4. The van der Waals surface area contributed by atoms with Crippen molar-refractivity contribution in [3.05, 3.63) is 58.7 Å². The number of hydrogen-bond acceptors (Lipinski definition) is 6. The van der Waals surface area contributed by atoms with Gasteiger partial charge in [0.1, 0.15) is 11.6 Å². The van der Waals surface area contributed by atoms with Gasteiger partial charge in [-0.3, -0.25) is 4.79 Å². The number of carbonyl (C=O) groups excluding carboxylic acids is 1. The van der Waals surface area contributed by atoms with Crippen molar-refractivity contribution in [2.24, 2.45) is 5.92 Å². The van der Waals surface area contributed by atoms with Gasteiger partial charge in [0.15, 0.2) is 5.78 Å². The number of rotatable bonds is 9. The molecule has 3 heterocycles. The number of aromatic nitrogens is 1. The highest BCUT2D eigenvalue weighted by Crippen LogP contribution is 2.37. The number of sulfonamides is 1. The van der Waals surface area contributed by atoms with Gasteiger partial charge in [-0.05, 0) is 75.4 Å². The monoisotopic (exact) mass is 532 g/mol. The summed E-state index contributed by atoms with van der Waals surface area (Å²) in [6.45, 7) is 10.4. The molecule has 36 heavy (non-hydrogen) atoms. The topological polar surface area (TPSA) is 73.8 Å². The lowest BCUT2D eigenvalue weighted by molar-refractivity contribution is 0.101. The summed E-state index contributed by atoms with van der Waals surface area (Å²) < 4.78 is 27.8. The summed E-state index contributed by atoms with van der Waals surface area (Å²) >= 11 is 5.95. The van der Waals surface area contributed by atoms with E-state index in [-0.39, 0.29) is 11.3 Å². The molecule has 1 aromatic heterocycles. The van der Waals surface area contributed by atoms with Crippen molar-refractivity contribution in [2.75, 3.05) is 49.9 Å². The number of hydrogen-bond donors (Lipinski definition) is 0. The van der Waals surface area contributed by atoms with Crippen LogP contribution >= 0.6 is 11.6 Å². The minimum absolute atomic E-state index is 0.133. The van der Waals surface area contributed by atoms with Crippen LogP contribution in [0.4, 0.5) is 5.82 Å². The third-order valence-corrected chi connectivity index (χ3v) is 9.34. The number of ketones is 1. The van der Waals surface area contributed by atoms with E-state index in [0.29, 0.717) is 43.5 Å². The molecule has 2 fully saturated rings. The van der Waals surface area contributed by atoms with Crippen LogP contribution < -0.4 is 4.90 Å². The Hall–Kier alpha value is -2.00. The first-order valence-electron chi connectivity index (χ1n) is 12.8. The number of pyridine rings is 1. The molecule has 196 valence electrons. The predicted octanol–water partition coefficient (Wildman–Crippen LogP) is 4.12. The first-order valence-corrected chi connectivity index (χ1v) is 14.7. The van der Waals surface area contributed by atoms with Crippen molar-refractivity contribution < 1.29 is 13.2 Å². The summed E-state index contributed by atoms with van der Waals surface area (Å²) in [5.74, 6) is 0.166. The molecule has 7 nitrogen and oxygen atoms in total. The van der Waals surface area contributed by atoms with Crippen molar-refractivity contribution in [2.45, 2.75) is 45.6 Å². The molecule has 2 aliphatic rings. The predicted molar refractivity (Wildman–Crippen MR) is 145 cm³/mol. The van der Waals surface area contributed by atoms with E-state index < -0.39 is 15.8 Å². The van der Waals surface area contributed by atoms with E-state index in [4.69, 9.17) is 11.6 Å². The molecule has 2 aromatic rings. The van der Waals surface area contributed by atoms with Crippen LogP contribution in [0.2, 0.25) is 5.02 Å². The number of aryl methyl sites for hydroxylation is 1. The fourth-order valence-corrected chi connectivity index (χ4v) is 7.03. The number of Topliss-reactive ketones (excluding diaryl/α,β-unsaturated/α-hetero) is 1. The Morgan fingerprint density at radius 2 is 1.81 bits per heavy atom. The van der Waals surface area contributed by atoms with Crippen LogP contribution in [0.1, 0.15) is 49.5 Å². The highest BCUT2D eigenvalue weighted by atomic mass is 35.5. The van der Waals surface area contributed by atoms with Crippen molar-refractivity contribution in [1.82, 2.24) is 14.2 Å². The molecule has 0 radical (unpaired) electrons. The molecular weight excluding hydrogens is 496 g/mol. The van der Waals surface area contributed by atoms with Gasteiger partial charge in [-0.25, -0.2) is 13.4 Å². The summed E-state index contributed by atoms with van der Waals surface area (Å²) in [4.78, 5) is 22.2. The van der Waals surface area contributed by atoms with Crippen molar-refractivity contribution in [3.63, 3.8) is 0 Å². The molecule has 0 bridgehead atoms. The lowest BCUT2D eigenvalue weighted by Gasteiger charge is -2.34. The van der Waals surface area contributed by atoms with Crippen molar-refractivity contribution >= 4 is 33.2 Å². The number of benzene rings is 1. The van der Waals surface area contributed by atoms with Gasteiger partial charge in [-0.15, -0.1) is 0 Å². The van der Waals surface area contributed by atoms with E-state index >= 15 is 0 Å². The molecule has 2 saturated heterocycles. The molecule has 2 aliphatic heterocycles. The van der Waals surface area contributed by atoms with Crippen molar-refractivity contribution in [1.29, 1.82) is 0 Å². The SMILES string of the molecule is C[C@@H]1CN(c2ncccc2C(=O)CS(=O)(=O)N2CCN(CCCc3ccc(Cl)cc3)CC2)C(C)(C)C1. The fraction of sp³-hybridized carbons (Fsp3) is 0.556. The Balaban J connectivity index is 1.32. The standard InChI is InChI=1S/C27H37ClN4O3S/c1-21-18-27(2,3)32(19-21)26-24(7-4-12-29-26)25(33)20-36(34,35)31-16-14-30(15-17-31)13-5-6-22-8-10-23(28)11-9-22/h4,7-12,21H,5-6,13-20H2,1-3H3/t21-/m0/s1. The molecule has 1 atom stereocenters. The fourth-order valence-electron chi connectivity index (χ4n) is 5.51. The number of halogens is 1. The van der Waals surface area contributed by atoms with E-state index in [1.165, 1.54) is 9.87 Å². The third-order valence-electron chi connectivity index (χ3n) is 7.31. The Morgan fingerprint density at radius 1 is 1.11 bits per heavy atom. The highest BCUT2D eigenvalue weighted by Gasteiger charge is 2.39. The Bertz CT molecular complexity index is 1160. The average molecular weight is 533 g/mol. The summed E-state index contributed by atoms with van der Waals surface area (Å²) in [5, 5.41) is 0.740. The zero-order valence-electron chi connectivity index (χ0n) is 21.5. The van der Waals surface area contributed by atoms with Gasteiger partial charge in [-0.2, -0.15) is 4.31 Å². The lowest BCUT2D eigenvalue weighted by Crippen LogP contribution is -2.50. The van der Waals surface area contributed by atoms with Gasteiger partial charge in [-0.1, -0.05) is 30.7 Å². The summed E-state index contributed by atoms with van der Waals surface area (Å²) in [5.41, 5.74) is 1.51. The minimum atomic E-state index is -3.70. The number of anilines is 1. The van der Waals surface area contributed by atoms with Gasteiger partial charge in [0.2, 0.25) is 10.0 Å². The zero-order valence-corrected chi connectivity index (χ0v) is 23.1. The maximum Gasteiger partial charge on any atom is 0.221 e. The molecule has 0 unspecified atom stereocenters. The first-order chi connectivity index (χ1) is 17.0. The molecule has 0 N–H and O–H groups in total. The third kappa shape index (κ3) is 6.46. The summed E-state index contributed by atoms with van der Waals surface area (Å²) in [6, 6.07) is 11.3. The maximum atomic E-state index is 13.2. The van der Waals surface area contributed by atoms with Crippen LogP contribution in [0.5, 0.6) is 0 Å². The second-order valence-electron chi connectivity index (χ2n) is 10.8. The van der Waals surface area contributed by atoms with Crippen LogP contribution in [0.3, 0.4) is 0 Å². The van der Waals surface area contributed by atoms with Crippen LogP contribution in [0.15, 0.2) is 42.6 Å². The van der Waals surface area contributed by atoms with Crippen molar-refractivity contribution in [3.8, 4) is 0 Å². The Kier molecular flexibility index (Phi) is 8.39. The lowest BCUT2D eigenvalue weighted by atomic mass is 9.97. The molecule has 0 spiro atoms. The van der Waals surface area contributed by atoms with Crippen LogP contribution in [-0.4, -0.2) is 79.0 Å². The van der Waals surface area contributed by atoms with E-state index in [1.54, 1.807) is 18.3 Å². The molecule has 9 heteroatoms. The van der Waals surface area contributed by atoms with Crippen LogP contribution in [0.25, 0.3) is 0 Å². The largest absolute Gasteiger partial charge is 0.351 e. The summed E-state index contributed by atoms with van der Waals surface area (Å²) in [6.07, 6.45) is 4.64. The van der Waals surface area contributed by atoms with Gasteiger partial charge in [0, 0.05) is 49.5 Å². The second-order valence-corrected chi connectivity index (χ2v) is 13.2. The van der Waals surface area contributed by atoms with Gasteiger partial charge < -0.3 is 9.80 Å². The second kappa shape index (κ2) is 11.2. The normalized spacial score (nSPS) is 21.1. The molecule has 1 aromatic carbocycles. The first kappa shape index (κ1) is 27.0. The molecule has 0 amide bonds. The van der Waals surface area contributed by atoms with E-state index in [0.717, 1.165) is 37.4 Å². The van der Waals surface area contributed by atoms with E-state index in [9.17, 15) is 13.2 Å². The quantitative estimate of drug-likeness (QED) is 0.452. The molecule has 4 rings (SSSR count). The number of carbonyl (C=O) groups is 1. The minimum Gasteiger partial charge on any atom is -0.351 e. The molecular formula is C27H37ClN4O3S. The summed E-state index contributed by atoms with van der Waals surface area (Å²) in [7, 11) is -3.70. The van der Waals surface area contributed by atoms with Crippen LogP contribution in [0, 0.1) is 5.92 Å². The average Bonchev–Trinajstić information content (AvgIpc) is 3.12. The number of piperazine rings is 1. The van der Waals surface area contributed by atoms with E-state index in [2.05, 4.69) is 35.6 Å². The Morgan fingerprint density at radius 3 is 2.44 bits per heavy atom. The van der Waals surface area contributed by atoms with E-state index in [1.807, 2.05) is 24.3 Å². The van der Waals surface area contributed by atoms with Crippen LogP contribution in [-0.2, 0) is 16.4 Å². The molecule has 0 saturated carbocycles. The van der Waals surface area contributed by atoms with Gasteiger partial charge in [0.05, 0.1) is 5.56 Å². The molecule has 0 aliphatic carbocycles. The highest BCUT2D eigenvalue weighted by molar-refractivity contribution is 7.89. The zero-order chi connectivity index (χ0) is 25.9. The smallest absolute Gasteiger partial charge is 0.221 e. The Labute approximate surface area is 220 Å².